The first-order valence-corrected chi connectivity index (χ1v) is 13.9. The van der Waals surface area contributed by atoms with Crippen molar-refractivity contribution >= 4 is 27.4 Å². The predicted octanol–water partition coefficient (Wildman–Crippen LogP) is 5.27. The molecule has 0 aliphatic rings. The first-order valence-electron chi connectivity index (χ1n) is 7.05. The molecule has 0 saturated carbocycles. The van der Waals surface area contributed by atoms with Gasteiger partial charge in [-0.1, -0.05) is 24.3 Å². The molecule has 0 atom stereocenters. The summed E-state index contributed by atoms with van der Waals surface area (Å²) in [5.74, 6) is 1.95. The van der Waals surface area contributed by atoms with E-state index in [1.54, 1.807) is 0 Å². The molecule has 0 N–H and O–H groups in total. The van der Waals surface area contributed by atoms with Crippen molar-refractivity contribution in [1.82, 2.24) is 0 Å². The fourth-order valence-corrected chi connectivity index (χ4v) is 3.76. The topological polar surface area (TPSA) is 18.5 Å². The van der Waals surface area contributed by atoms with Crippen molar-refractivity contribution in [1.29, 1.82) is 0 Å². The second-order valence-corrected chi connectivity index (χ2v) is 15.9. The van der Waals surface area contributed by atoms with Crippen molar-refractivity contribution in [2.75, 3.05) is 0 Å². The Hall–Kier alpha value is -1.27. The molecule has 0 amide bonds. The molecule has 0 aliphatic heterocycles. The van der Waals surface area contributed by atoms with Gasteiger partial charge < -0.3 is 8.85 Å². The van der Waals surface area contributed by atoms with Crippen LogP contribution in [0.5, 0.6) is 11.5 Å². The third-order valence-electron chi connectivity index (χ3n) is 2.68. The minimum Gasteiger partial charge on any atom is -0.544 e. The van der Waals surface area contributed by atoms with Gasteiger partial charge in [0, 0.05) is 10.8 Å². The quantitative estimate of drug-likeness (QED) is 0.717. The molecular formula is C16H24O2Si2. The number of benzene rings is 2. The molecule has 20 heavy (non-hydrogen) atoms. The van der Waals surface area contributed by atoms with Gasteiger partial charge in [-0.3, -0.25) is 0 Å². The second-order valence-electron chi connectivity index (χ2n) is 7.04. The molecule has 2 nitrogen and oxygen atoms in total. The van der Waals surface area contributed by atoms with Gasteiger partial charge in [0.1, 0.15) is 11.5 Å². The van der Waals surface area contributed by atoms with Gasteiger partial charge in [0.05, 0.1) is 0 Å². The van der Waals surface area contributed by atoms with Gasteiger partial charge in [-0.05, 0) is 51.4 Å². The van der Waals surface area contributed by atoms with Crippen molar-refractivity contribution in [3.63, 3.8) is 0 Å². The van der Waals surface area contributed by atoms with Crippen LogP contribution in [0, 0.1) is 0 Å². The zero-order valence-electron chi connectivity index (χ0n) is 13.3. The van der Waals surface area contributed by atoms with Gasteiger partial charge in [-0.2, -0.15) is 0 Å². The average molecular weight is 305 g/mol. The number of fused-ring (bicyclic) bond motifs is 1. The van der Waals surface area contributed by atoms with Crippen LogP contribution < -0.4 is 8.85 Å². The highest BCUT2D eigenvalue weighted by Crippen LogP contribution is 2.35. The standard InChI is InChI=1S/C16H24O2Si2/c1-19(2,3)17-15-11-12-16(18-20(4,5)6)14-10-8-7-9-13(14)15/h7-12H,1-6H3. The summed E-state index contributed by atoms with van der Waals surface area (Å²) in [5.41, 5.74) is 0. The lowest BCUT2D eigenvalue weighted by atomic mass is 10.1. The van der Waals surface area contributed by atoms with E-state index >= 15 is 0 Å². The summed E-state index contributed by atoms with van der Waals surface area (Å²) in [5, 5.41) is 2.29. The van der Waals surface area contributed by atoms with E-state index in [4.69, 9.17) is 8.85 Å². The maximum absolute atomic E-state index is 6.19. The van der Waals surface area contributed by atoms with Crippen LogP contribution in [0.15, 0.2) is 36.4 Å². The smallest absolute Gasteiger partial charge is 0.242 e. The first kappa shape index (κ1) is 15.1. The molecule has 4 heteroatoms. The van der Waals surface area contributed by atoms with Crippen molar-refractivity contribution in [2.45, 2.75) is 39.3 Å². The molecule has 2 rings (SSSR count). The Morgan fingerprint density at radius 2 is 0.950 bits per heavy atom. The predicted molar refractivity (Wildman–Crippen MR) is 91.9 cm³/mol. The number of rotatable bonds is 4. The summed E-state index contributed by atoms with van der Waals surface area (Å²) in [6, 6.07) is 12.4. The Morgan fingerprint density at radius 1 is 0.600 bits per heavy atom. The molecule has 108 valence electrons. The Balaban J connectivity index is 2.52. The van der Waals surface area contributed by atoms with Gasteiger partial charge in [-0.15, -0.1) is 0 Å². The van der Waals surface area contributed by atoms with Crippen LogP contribution in [0.4, 0.5) is 0 Å². The van der Waals surface area contributed by atoms with E-state index < -0.39 is 16.6 Å². The highest BCUT2D eigenvalue weighted by atomic mass is 28.4. The van der Waals surface area contributed by atoms with Crippen LogP contribution >= 0.6 is 0 Å². The Bertz CT molecular complexity index is 555. The largest absolute Gasteiger partial charge is 0.544 e. The minimum absolute atomic E-state index is 0.975. The third kappa shape index (κ3) is 3.87. The van der Waals surface area contributed by atoms with E-state index in [9.17, 15) is 0 Å². The van der Waals surface area contributed by atoms with E-state index in [2.05, 4.69) is 75.7 Å². The van der Waals surface area contributed by atoms with Crippen LogP contribution in [0.3, 0.4) is 0 Å². The fourth-order valence-electron chi connectivity index (χ4n) is 2.08. The Kier molecular flexibility index (Phi) is 3.98. The fraction of sp³-hybridized carbons (Fsp3) is 0.375. The highest BCUT2D eigenvalue weighted by molar-refractivity contribution is 6.71. The summed E-state index contributed by atoms with van der Waals surface area (Å²) >= 11 is 0. The maximum Gasteiger partial charge on any atom is 0.242 e. The first-order chi connectivity index (χ1) is 9.16. The molecule has 0 unspecified atom stereocenters. The van der Waals surface area contributed by atoms with Crippen LogP contribution in [-0.4, -0.2) is 16.6 Å². The van der Waals surface area contributed by atoms with Crippen LogP contribution in [0.2, 0.25) is 39.3 Å². The molecule has 0 heterocycles. The van der Waals surface area contributed by atoms with Crippen molar-refractivity contribution < 1.29 is 8.85 Å². The lowest BCUT2D eigenvalue weighted by Gasteiger charge is -2.24. The Labute approximate surface area is 124 Å². The zero-order chi connectivity index (χ0) is 15.0. The molecule has 0 saturated heterocycles. The van der Waals surface area contributed by atoms with Crippen molar-refractivity contribution in [2.24, 2.45) is 0 Å². The van der Waals surface area contributed by atoms with Gasteiger partial charge in [0.2, 0.25) is 16.6 Å². The Morgan fingerprint density at radius 3 is 1.25 bits per heavy atom. The molecule has 2 aromatic rings. The summed E-state index contributed by atoms with van der Waals surface area (Å²) in [4.78, 5) is 0. The highest BCUT2D eigenvalue weighted by Gasteiger charge is 2.21. The molecule has 0 radical (unpaired) electrons. The summed E-state index contributed by atoms with van der Waals surface area (Å²) in [6.07, 6.45) is 0. The molecule has 0 aromatic heterocycles. The number of hydrogen-bond acceptors (Lipinski definition) is 2. The van der Waals surface area contributed by atoms with Crippen LogP contribution in [0.25, 0.3) is 10.8 Å². The van der Waals surface area contributed by atoms with Gasteiger partial charge >= 0.3 is 0 Å². The van der Waals surface area contributed by atoms with Gasteiger partial charge in [-0.25, -0.2) is 0 Å². The summed E-state index contributed by atoms with van der Waals surface area (Å²) in [6.45, 7) is 13.2. The van der Waals surface area contributed by atoms with Crippen molar-refractivity contribution in [3.05, 3.63) is 36.4 Å². The second kappa shape index (κ2) is 5.26. The minimum atomic E-state index is -1.61. The molecule has 0 fully saturated rings. The molecule has 2 aromatic carbocycles. The zero-order valence-corrected chi connectivity index (χ0v) is 15.3. The van der Waals surface area contributed by atoms with Gasteiger partial charge in [0.25, 0.3) is 0 Å². The lowest BCUT2D eigenvalue weighted by Crippen LogP contribution is -2.30. The van der Waals surface area contributed by atoms with E-state index in [0.29, 0.717) is 0 Å². The molecular weight excluding hydrogens is 280 g/mol. The van der Waals surface area contributed by atoms with Crippen LogP contribution in [0.1, 0.15) is 0 Å². The van der Waals surface area contributed by atoms with Gasteiger partial charge in [0.15, 0.2) is 0 Å². The van der Waals surface area contributed by atoms with E-state index in [0.717, 1.165) is 22.3 Å². The third-order valence-corrected chi connectivity index (χ3v) is 4.34. The SMILES string of the molecule is C[Si](C)(C)Oc1ccc(O[Si](C)(C)C)c2ccccc12. The number of hydrogen-bond donors (Lipinski definition) is 0. The monoisotopic (exact) mass is 304 g/mol. The molecule has 0 spiro atoms. The van der Waals surface area contributed by atoms with Crippen molar-refractivity contribution in [3.8, 4) is 11.5 Å². The van der Waals surface area contributed by atoms with E-state index in [-0.39, 0.29) is 0 Å². The average Bonchev–Trinajstić information content (AvgIpc) is 2.29. The van der Waals surface area contributed by atoms with E-state index in [1.807, 2.05) is 0 Å². The van der Waals surface area contributed by atoms with Crippen LogP contribution in [-0.2, 0) is 0 Å². The van der Waals surface area contributed by atoms with E-state index in [1.165, 1.54) is 0 Å². The molecule has 0 bridgehead atoms. The summed E-state index contributed by atoms with van der Waals surface area (Å²) < 4.78 is 12.4. The summed E-state index contributed by atoms with van der Waals surface area (Å²) in [7, 11) is -3.22. The normalized spacial score (nSPS) is 12.5. The molecule has 0 aliphatic carbocycles. The lowest BCUT2D eigenvalue weighted by molar-refractivity contribution is 0.552. The maximum atomic E-state index is 6.19.